The molecule has 1 aromatic heterocycles. The van der Waals surface area contributed by atoms with Gasteiger partial charge in [-0.3, -0.25) is 5.10 Å². The summed E-state index contributed by atoms with van der Waals surface area (Å²) in [6, 6.07) is 7.85. The molecule has 5 nitrogen and oxygen atoms in total. The Morgan fingerprint density at radius 1 is 1.44 bits per heavy atom. The van der Waals surface area contributed by atoms with E-state index in [4.69, 9.17) is 15.2 Å². The summed E-state index contributed by atoms with van der Waals surface area (Å²) in [5.41, 5.74) is 7.70. The van der Waals surface area contributed by atoms with Gasteiger partial charge in [-0.1, -0.05) is 12.1 Å². The number of nitrogens with zero attached hydrogens (tertiary/aromatic N) is 1. The van der Waals surface area contributed by atoms with E-state index >= 15 is 0 Å². The molecule has 5 heteroatoms. The van der Waals surface area contributed by atoms with E-state index in [1.807, 2.05) is 24.3 Å². The number of aromatic amines is 1. The lowest BCUT2D eigenvalue weighted by molar-refractivity contribution is 0.141. The molecule has 3 N–H and O–H groups in total. The van der Waals surface area contributed by atoms with Crippen LogP contribution in [0.1, 0.15) is 6.42 Å². The fourth-order valence-corrected chi connectivity index (χ4v) is 2.06. The molecule has 2 aromatic rings. The highest BCUT2D eigenvalue weighted by Gasteiger charge is 2.17. The van der Waals surface area contributed by atoms with Crippen molar-refractivity contribution in [2.24, 2.45) is 0 Å². The zero-order valence-corrected chi connectivity index (χ0v) is 9.93. The van der Waals surface area contributed by atoms with E-state index in [1.165, 1.54) is 0 Å². The number of H-pyrrole nitrogens is 1. The van der Waals surface area contributed by atoms with Crippen molar-refractivity contribution in [2.75, 3.05) is 18.9 Å². The van der Waals surface area contributed by atoms with Crippen molar-refractivity contribution < 1.29 is 9.47 Å². The second-order valence-electron chi connectivity index (χ2n) is 4.33. The highest BCUT2D eigenvalue weighted by Crippen LogP contribution is 2.27. The first kappa shape index (κ1) is 11.1. The van der Waals surface area contributed by atoms with Crippen LogP contribution in [0.5, 0.6) is 5.75 Å². The molecule has 1 saturated heterocycles. The van der Waals surface area contributed by atoms with Crippen molar-refractivity contribution in [1.29, 1.82) is 0 Å². The lowest BCUT2D eigenvalue weighted by Gasteiger charge is -2.12. The molecule has 1 aromatic carbocycles. The Balaban J connectivity index is 1.82. The van der Waals surface area contributed by atoms with Gasteiger partial charge in [0.1, 0.15) is 17.7 Å². The highest BCUT2D eigenvalue weighted by molar-refractivity contribution is 5.73. The molecule has 0 radical (unpaired) electrons. The number of nitrogens with one attached hydrogen (secondary N) is 1. The minimum Gasteiger partial charge on any atom is -0.488 e. The maximum atomic E-state index is 5.86. The molecule has 0 bridgehead atoms. The third-order valence-corrected chi connectivity index (χ3v) is 3.00. The first-order valence-electron chi connectivity index (χ1n) is 5.96. The first-order valence-corrected chi connectivity index (χ1v) is 5.96. The van der Waals surface area contributed by atoms with Gasteiger partial charge in [0.05, 0.1) is 19.4 Å². The van der Waals surface area contributed by atoms with Crippen molar-refractivity contribution in [1.82, 2.24) is 10.2 Å². The summed E-state index contributed by atoms with van der Waals surface area (Å²) in [6.07, 6.45) is 2.81. The fraction of sp³-hybridized carbons (Fsp3) is 0.308. The van der Waals surface area contributed by atoms with Gasteiger partial charge in [0.15, 0.2) is 0 Å². The molecule has 18 heavy (non-hydrogen) atoms. The zero-order chi connectivity index (χ0) is 12.4. The predicted molar refractivity (Wildman–Crippen MR) is 68.3 cm³/mol. The SMILES string of the molecule is Nc1[nH]ncc1-c1cccc(OC2CCOC2)c1. The second-order valence-corrected chi connectivity index (χ2v) is 4.33. The van der Waals surface area contributed by atoms with Crippen LogP contribution in [0.25, 0.3) is 11.1 Å². The quantitative estimate of drug-likeness (QED) is 0.865. The van der Waals surface area contributed by atoms with Gasteiger partial charge in [-0.25, -0.2) is 0 Å². The van der Waals surface area contributed by atoms with Gasteiger partial charge in [0.2, 0.25) is 0 Å². The van der Waals surface area contributed by atoms with Gasteiger partial charge < -0.3 is 15.2 Å². The van der Waals surface area contributed by atoms with Crippen LogP contribution >= 0.6 is 0 Å². The van der Waals surface area contributed by atoms with Gasteiger partial charge in [-0.2, -0.15) is 5.10 Å². The number of hydrogen-bond donors (Lipinski definition) is 2. The van der Waals surface area contributed by atoms with Crippen LogP contribution in [-0.4, -0.2) is 29.5 Å². The van der Waals surface area contributed by atoms with Crippen LogP contribution in [0.2, 0.25) is 0 Å². The molecule has 0 amide bonds. The molecule has 3 rings (SSSR count). The van der Waals surface area contributed by atoms with Gasteiger partial charge in [0.25, 0.3) is 0 Å². The molecule has 0 aliphatic carbocycles. The normalized spacial score (nSPS) is 19.0. The third-order valence-electron chi connectivity index (χ3n) is 3.00. The number of aromatic nitrogens is 2. The molecular weight excluding hydrogens is 230 g/mol. The smallest absolute Gasteiger partial charge is 0.126 e. The molecular formula is C13H15N3O2. The number of anilines is 1. The maximum absolute atomic E-state index is 5.86. The topological polar surface area (TPSA) is 73.2 Å². The average Bonchev–Trinajstić information content (AvgIpc) is 3.01. The van der Waals surface area contributed by atoms with Crippen LogP contribution in [0.15, 0.2) is 30.5 Å². The van der Waals surface area contributed by atoms with E-state index in [9.17, 15) is 0 Å². The lowest BCUT2D eigenvalue weighted by Crippen LogP contribution is -2.15. The standard InChI is InChI=1S/C13H15N3O2/c14-13-12(7-15-16-13)9-2-1-3-10(6-9)18-11-4-5-17-8-11/h1-3,6-7,11H,4-5,8H2,(H3,14,15,16). The van der Waals surface area contributed by atoms with Crippen LogP contribution in [0.3, 0.4) is 0 Å². The van der Waals surface area contributed by atoms with Gasteiger partial charge in [-0.05, 0) is 17.7 Å². The number of nitrogens with two attached hydrogens (primary N) is 1. The third kappa shape index (κ3) is 2.17. The van der Waals surface area contributed by atoms with E-state index in [2.05, 4.69) is 10.2 Å². The molecule has 0 saturated carbocycles. The van der Waals surface area contributed by atoms with E-state index in [-0.39, 0.29) is 6.10 Å². The van der Waals surface area contributed by atoms with Crippen LogP contribution in [0, 0.1) is 0 Å². The molecule has 1 atom stereocenters. The molecule has 2 heterocycles. The Kier molecular flexibility index (Phi) is 2.90. The molecule has 1 fully saturated rings. The Morgan fingerprint density at radius 2 is 2.39 bits per heavy atom. The summed E-state index contributed by atoms with van der Waals surface area (Å²) in [7, 11) is 0. The maximum Gasteiger partial charge on any atom is 0.126 e. The largest absolute Gasteiger partial charge is 0.488 e. The average molecular weight is 245 g/mol. The molecule has 0 spiro atoms. The van der Waals surface area contributed by atoms with Crippen LogP contribution in [-0.2, 0) is 4.74 Å². The molecule has 1 aliphatic heterocycles. The van der Waals surface area contributed by atoms with Crippen molar-refractivity contribution in [3.8, 4) is 16.9 Å². The molecule has 94 valence electrons. The van der Waals surface area contributed by atoms with Gasteiger partial charge in [-0.15, -0.1) is 0 Å². The predicted octanol–water partition coefficient (Wildman–Crippen LogP) is 1.83. The van der Waals surface area contributed by atoms with Crippen molar-refractivity contribution in [2.45, 2.75) is 12.5 Å². The van der Waals surface area contributed by atoms with E-state index in [0.717, 1.165) is 29.9 Å². The van der Waals surface area contributed by atoms with E-state index in [1.54, 1.807) is 6.20 Å². The van der Waals surface area contributed by atoms with E-state index in [0.29, 0.717) is 12.4 Å². The molecule has 1 unspecified atom stereocenters. The van der Waals surface area contributed by atoms with Crippen LogP contribution < -0.4 is 10.5 Å². The number of ether oxygens (including phenoxy) is 2. The monoisotopic (exact) mass is 245 g/mol. The van der Waals surface area contributed by atoms with E-state index < -0.39 is 0 Å². The van der Waals surface area contributed by atoms with Crippen molar-refractivity contribution >= 4 is 5.82 Å². The minimum absolute atomic E-state index is 0.155. The van der Waals surface area contributed by atoms with Crippen molar-refractivity contribution in [3.63, 3.8) is 0 Å². The Labute approximate surface area is 105 Å². The Bertz CT molecular complexity index is 533. The van der Waals surface area contributed by atoms with Crippen LogP contribution in [0.4, 0.5) is 5.82 Å². The highest BCUT2D eigenvalue weighted by atomic mass is 16.5. The second kappa shape index (κ2) is 4.70. The van der Waals surface area contributed by atoms with Crippen molar-refractivity contribution in [3.05, 3.63) is 30.5 Å². The summed E-state index contributed by atoms with van der Waals surface area (Å²) in [4.78, 5) is 0. The summed E-state index contributed by atoms with van der Waals surface area (Å²) in [5, 5.41) is 6.65. The fourth-order valence-electron chi connectivity index (χ4n) is 2.06. The molecule has 1 aliphatic rings. The van der Waals surface area contributed by atoms with Gasteiger partial charge >= 0.3 is 0 Å². The minimum atomic E-state index is 0.155. The Hall–Kier alpha value is -2.01. The Morgan fingerprint density at radius 3 is 3.11 bits per heavy atom. The summed E-state index contributed by atoms with van der Waals surface area (Å²) >= 11 is 0. The summed E-state index contributed by atoms with van der Waals surface area (Å²) < 4.78 is 11.1. The number of rotatable bonds is 3. The first-order chi connectivity index (χ1) is 8.83. The van der Waals surface area contributed by atoms with Gasteiger partial charge in [0, 0.05) is 12.0 Å². The summed E-state index contributed by atoms with van der Waals surface area (Å²) in [6.45, 7) is 1.44. The summed E-state index contributed by atoms with van der Waals surface area (Å²) in [5.74, 6) is 1.40. The number of nitrogen functional groups attached to an aromatic ring is 1. The zero-order valence-electron chi connectivity index (χ0n) is 9.93. The number of benzene rings is 1. The number of hydrogen-bond acceptors (Lipinski definition) is 4. The lowest BCUT2D eigenvalue weighted by atomic mass is 10.1.